The van der Waals surface area contributed by atoms with Gasteiger partial charge in [-0.1, -0.05) is 58.3 Å². The Morgan fingerprint density at radius 3 is 2.32 bits per heavy atom. The molecule has 128 valence electrons. The van der Waals surface area contributed by atoms with Crippen molar-refractivity contribution in [2.45, 2.75) is 103 Å². The number of amides is 1. The minimum atomic E-state index is -0.448. The molecule has 0 bridgehead atoms. The number of hydrogen-bond donors (Lipinski definition) is 2. The topological polar surface area (TPSA) is 66.4 Å². The molecule has 0 heterocycles. The monoisotopic (exact) mass is 311 g/mol. The zero-order chi connectivity index (χ0) is 16.2. The van der Waals surface area contributed by atoms with Crippen LogP contribution in [0.1, 0.15) is 90.4 Å². The molecule has 0 spiro atoms. The third-order valence-corrected chi connectivity index (χ3v) is 4.49. The Balaban J connectivity index is 2.05. The lowest BCUT2D eigenvalue weighted by atomic mass is 9.92. The Morgan fingerprint density at radius 2 is 1.64 bits per heavy atom. The third-order valence-electron chi connectivity index (χ3n) is 4.49. The van der Waals surface area contributed by atoms with Crippen molar-refractivity contribution in [3.63, 3.8) is 0 Å². The molecule has 1 aliphatic rings. The summed E-state index contributed by atoms with van der Waals surface area (Å²) in [5, 5.41) is 12.6. The molecular weight excluding hydrogens is 278 g/mol. The summed E-state index contributed by atoms with van der Waals surface area (Å²) in [5.41, 5.74) is 0. The summed E-state index contributed by atoms with van der Waals surface area (Å²) in [6.07, 6.45) is 11.9. The Kier molecular flexibility index (Phi) is 10.1. The summed E-state index contributed by atoms with van der Waals surface area (Å²) in [6.45, 7) is 2.20. The highest BCUT2D eigenvalue weighted by atomic mass is 16.3. The number of unbranched alkanes of at least 4 members (excludes halogenated alkanes) is 6. The minimum absolute atomic E-state index is 0.0244. The van der Waals surface area contributed by atoms with E-state index in [1.807, 2.05) is 0 Å². The summed E-state index contributed by atoms with van der Waals surface area (Å²) in [7, 11) is 0. The van der Waals surface area contributed by atoms with Gasteiger partial charge in [0.05, 0.1) is 18.6 Å². The molecule has 1 amide bonds. The van der Waals surface area contributed by atoms with E-state index in [1.165, 1.54) is 32.1 Å². The highest BCUT2D eigenvalue weighted by Gasteiger charge is 2.24. The van der Waals surface area contributed by atoms with Crippen molar-refractivity contribution >= 4 is 11.7 Å². The van der Waals surface area contributed by atoms with Crippen LogP contribution in [0.3, 0.4) is 0 Å². The molecule has 1 aliphatic carbocycles. The van der Waals surface area contributed by atoms with Gasteiger partial charge in [0.25, 0.3) is 0 Å². The average Bonchev–Trinajstić information content (AvgIpc) is 2.48. The fourth-order valence-corrected chi connectivity index (χ4v) is 3.08. The largest absolute Gasteiger partial charge is 0.391 e. The van der Waals surface area contributed by atoms with Crippen molar-refractivity contribution in [1.82, 2.24) is 5.32 Å². The molecular formula is C18H33NO3. The molecule has 0 aromatic carbocycles. The van der Waals surface area contributed by atoms with Crippen LogP contribution < -0.4 is 5.32 Å². The molecule has 0 aliphatic heterocycles. The lowest BCUT2D eigenvalue weighted by Gasteiger charge is -2.28. The van der Waals surface area contributed by atoms with Crippen LogP contribution in [-0.4, -0.2) is 28.9 Å². The number of carbonyl (C=O) groups excluding carboxylic acids is 2. The Hall–Kier alpha value is -0.900. The number of aliphatic hydroxyl groups is 1. The second kappa shape index (κ2) is 11.6. The molecule has 4 heteroatoms. The Bertz CT molecular complexity index is 330. The maximum Gasteiger partial charge on any atom is 0.227 e. The van der Waals surface area contributed by atoms with Crippen LogP contribution in [0.15, 0.2) is 0 Å². The van der Waals surface area contributed by atoms with Crippen LogP contribution in [0.4, 0.5) is 0 Å². The summed E-state index contributed by atoms with van der Waals surface area (Å²) in [6, 6.07) is -0.160. The van der Waals surface area contributed by atoms with Gasteiger partial charge in [-0.25, -0.2) is 0 Å². The normalized spacial score (nSPS) is 21.5. The van der Waals surface area contributed by atoms with Crippen LogP contribution in [0, 0.1) is 0 Å². The summed E-state index contributed by atoms with van der Waals surface area (Å²) in [4.78, 5) is 23.6. The van der Waals surface area contributed by atoms with Crippen molar-refractivity contribution in [3.05, 3.63) is 0 Å². The SMILES string of the molecule is CCCCCCCCCC(=O)CC(=O)NC1CCCCC1O. The molecule has 0 radical (unpaired) electrons. The molecule has 2 N–H and O–H groups in total. The second-order valence-corrected chi connectivity index (χ2v) is 6.61. The Labute approximate surface area is 135 Å². The van der Waals surface area contributed by atoms with E-state index in [-0.39, 0.29) is 24.2 Å². The first-order chi connectivity index (χ1) is 10.6. The van der Waals surface area contributed by atoms with Gasteiger partial charge in [0.15, 0.2) is 0 Å². The number of rotatable bonds is 11. The van der Waals surface area contributed by atoms with E-state index in [2.05, 4.69) is 12.2 Å². The van der Waals surface area contributed by atoms with Crippen molar-refractivity contribution in [3.8, 4) is 0 Å². The molecule has 1 saturated carbocycles. The summed E-state index contributed by atoms with van der Waals surface area (Å²) >= 11 is 0. The van der Waals surface area contributed by atoms with E-state index < -0.39 is 6.10 Å². The van der Waals surface area contributed by atoms with Gasteiger partial charge < -0.3 is 10.4 Å². The molecule has 22 heavy (non-hydrogen) atoms. The zero-order valence-corrected chi connectivity index (χ0v) is 14.1. The van der Waals surface area contributed by atoms with Gasteiger partial charge >= 0.3 is 0 Å². The molecule has 0 aromatic rings. The number of aliphatic hydroxyl groups excluding tert-OH is 1. The third kappa shape index (κ3) is 8.52. The van der Waals surface area contributed by atoms with Crippen molar-refractivity contribution in [1.29, 1.82) is 0 Å². The first-order valence-corrected chi connectivity index (χ1v) is 9.12. The molecule has 2 unspecified atom stereocenters. The molecule has 2 atom stereocenters. The first kappa shape index (κ1) is 19.1. The van der Waals surface area contributed by atoms with Crippen molar-refractivity contribution in [2.24, 2.45) is 0 Å². The van der Waals surface area contributed by atoms with Gasteiger partial charge in [0.1, 0.15) is 5.78 Å². The predicted octanol–water partition coefficient (Wildman–Crippen LogP) is 3.51. The lowest BCUT2D eigenvalue weighted by Crippen LogP contribution is -2.45. The van der Waals surface area contributed by atoms with Crippen LogP contribution >= 0.6 is 0 Å². The number of nitrogens with one attached hydrogen (secondary N) is 1. The Morgan fingerprint density at radius 1 is 1.00 bits per heavy atom. The van der Waals surface area contributed by atoms with Gasteiger partial charge in [0.2, 0.25) is 5.91 Å². The van der Waals surface area contributed by atoms with Crippen molar-refractivity contribution < 1.29 is 14.7 Å². The number of hydrogen-bond acceptors (Lipinski definition) is 3. The van der Waals surface area contributed by atoms with E-state index in [4.69, 9.17) is 0 Å². The molecule has 0 aromatic heterocycles. The van der Waals surface area contributed by atoms with E-state index in [0.29, 0.717) is 6.42 Å². The van der Waals surface area contributed by atoms with E-state index in [9.17, 15) is 14.7 Å². The van der Waals surface area contributed by atoms with Crippen LogP contribution in [0.5, 0.6) is 0 Å². The smallest absolute Gasteiger partial charge is 0.227 e. The maximum atomic E-state index is 11.8. The fraction of sp³-hybridized carbons (Fsp3) is 0.889. The van der Waals surface area contributed by atoms with Gasteiger partial charge in [-0.3, -0.25) is 9.59 Å². The van der Waals surface area contributed by atoms with Crippen molar-refractivity contribution in [2.75, 3.05) is 0 Å². The standard InChI is InChI=1S/C18H33NO3/c1-2-3-4-5-6-7-8-11-15(20)14-18(22)19-16-12-9-10-13-17(16)21/h16-17,21H,2-14H2,1H3,(H,19,22). The maximum absolute atomic E-state index is 11.8. The highest BCUT2D eigenvalue weighted by molar-refractivity contribution is 5.98. The summed E-state index contributed by atoms with van der Waals surface area (Å²) in [5.74, 6) is -0.199. The minimum Gasteiger partial charge on any atom is -0.391 e. The van der Waals surface area contributed by atoms with E-state index >= 15 is 0 Å². The fourth-order valence-electron chi connectivity index (χ4n) is 3.08. The molecule has 4 nitrogen and oxygen atoms in total. The van der Waals surface area contributed by atoms with Gasteiger partial charge in [0, 0.05) is 6.42 Å². The average molecular weight is 311 g/mol. The quantitative estimate of drug-likeness (QED) is 0.453. The van der Waals surface area contributed by atoms with Gasteiger partial charge in [-0.2, -0.15) is 0 Å². The number of Topliss-reactive ketones (excluding diaryl/α,β-unsaturated/α-hetero) is 1. The van der Waals surface area contributed by atoms with Gasteiger partial charge in [-0.05, 0) is 19.3 Å². The van der Waals surface area contributed by atoms with Gasteiger partial charge in [-0.15, -0.1) is 0 Å². The number of ketones is 1. The van der Waals surface area contributed by atoms with E-state index in [0.717, 1.165) is 38.5 Å². The molecule has 1 rings (SSSR count). The second-order valence-electron chi connectivity index (χ2n) is 6.61. The zero-order valence-electron chi connectivity index (χ0n) is 14.1. The van der Waals surface area contributed by atoms with E-state index in [1.54, 1.807) is 0 Å². The molecule has 0 saturated heterocycles. The lowest BCUT2D eigenvalue weighted by molar-refractivity contribution is -0.129. The first-order valence-electron chi connectivity index (χ1n) is 9.12. The molecule has 1 fully saturated rings. The highest BCUT2D eigenvalue weighted by Crippen LogP contribution is 2.18. The van der Waals surface area contributed by atoms with Crippen LogP contribution in [0.2, 0.25) is 0 Å². The van der Waals surface area contributed by atoms with Crippen LogP contribution in [0.25, 0.3) is 0 Å². The van der Waals surface area contributed by atoms with Crippen LogP contribution in [-0.2, 0) is 9.59 Å². The summed E-state index contributed by atoms with van der Waals surface area (Å²) < 4.78 is 0. The number of carbonyl (C=O) groups is 2. The predicted molar refractivity (Wildman–Crippen MR) is 88.6 cm³/mol.